The minimum absolute atomic E-state index is 0.135. The predicted molar refractivity (Wildman–Crippen MR) is 69.7 cm³/mol. The van der Waals surface area contributed by atoms with Crippen LogP contribution in [0.15, 0.2) is 0 Å². The highest BCUT2D eigenvalue weighted by molar-refractivity contribution is 7.15. The molecule has 0 aliphatic heterocycles. The van der Waals surface area contributed by atoms with Crippen LogP contribution in [0.25, 0.3) is 0 Å². The zero-order valence-electron chi connectivity index (χ0n) is 10.4. The van der Waals surface area contributed by atoms with Crippen LogP contribution in [0.1, 0.15) is 57.3 Å². The first-order valence-corrected chi connectivity index (χ1v) is 6.97. The molecule has 0 bridgehead atoms. The number of rotatable bonds is 3. The molecule has 18 heavy (non-hydrogen) atoms. The maximum atomic E-state index is 12.1. The highest BCUT2D eigenvalue weighted by Crippen LogP contribution is 2.21. The van der Waals surface area contributed by atoms with Crippen molar-refractivity contribution in [2.24, 2.45) is 5.73 Å². The van der Waals surface area contributed by atoms with E-state index in [1.807, 2.05) is 0 Å². The third-order valence-corrected chi connectivity index (χ3v) is 4.32. The number of aryl methyl sites for hydroxylation is 1. The van der Waals surface area contributed by atoms with Crippen molar-refractivity contribution in [3.05, 3.63) is 15.6 Å². The van der Waals surface area contributed by atoms with Gasteiger partial charge in [-0.15, -0.1) is 11.3 Å². The summed E-state index contributed by atoms with van der Waals surface area (Å²) in [6, 6.07) is 0.254. The molecule has 1 fully saturated rings. The van der Waals surface area contributed by atoms with E-state index >= 15 is 0 Å². The lowest BCUT2D eigenvalue weighted by Crippen LogP contribution is -2.36. The fourth-order valence-corrected chi connectivity index (χ4v) is 3.03. The smallest absolute Gasteiger partial charge is 0.277 e. The van der Waals surface area contributed by atoms with Crippen LogP contribution in [-0.2, 0) is 0 Å². The summed E-state index contributed by atoms with van der Waals surface area (Å²) in [6.07, 6.45) is 5.65. The fraction of sp³-hybridized carbons (Fsp3) is 0.583. The second kappa shape index (κ2) is 5.48. The Morgan fingerprint density at radius 1 is 1.33 bits per heavy atom. The van der Waals surface area contributed by atoms with E-state index in [0.717, 1.165) is 24.2 Å². The fourth-order valence-electron chi connectivity index (χ4n) is 2.21. The number of carbonyl (C=O) groups excluding carboxylic acids is 2. The average molecular weight is 267 g/mol. The molecule has 1 aromatic rings. The summed E-state index contributed by atoms with van der Waals surface area (Å²) in [5, 5.41) is 3.20. The topological polar surface area (TPSA) is 85.1 Å². The molecule has 1 aromatic heterocycles. The van der Waals surface area contributed by atoms with Crippen molar-refractivity contribution in [2.45, 2.75) is 45.1 Å². The summed E-state index contributed by atoms with van der Waals surface area (Å²) >= 11 is 1.07. The van der Waals surface area contributed by atoms with E-state index < -0.39 is 5.91 Å². The maximum Gasteiger partial charge on any atom is 0.277 e. The average Bonchev–Trinajstić information content (AvgIpc) is 2.73. The van der Waals surface area contributed by atoms with Gasteiger partial charge in [-0.1, -0.05) is 19.3 Å². The van der Waals surface area contributed by atoms with Gasteiger partial charge < -0.3 is 11.1 Å². The van der Waals surface area contributed by atoms with Gasteiger partial charge in [0.2, 0.25) is 0 Å². The number of amides is 2. The first-order chi connectivity index (χ1) is 8.58. The van der Waals surface area contributed by atoms with Gasteiger partial charge in [0.25, 0.3) is 11.8 Å². The third kappa shape index (κ3) is 2.87. The number of thiazole rings is 1. The van der Waals surface area contributed by atoms with E-state index in [1.54, 1.807) is 6.92 Å². The summed E-state index contributed by atoms with van der Waals surface area (Å²) in [4.78, 5) is 27.6. The van der Waals surface area contributed by atoms with Crippen LogP contribution in [0.4, 0.5) is 0 Å². The molecule has 98 valence electrons. The van der Waals surface area contributed by atoms with E-state index in [0.29, 0.717) is 10.6 Å². The highest BCUT2D eigenvalue weighted by atomic mass is 32.1. The molecule has 3 N–H and O–H groups in total. The summed E-state index contributed by atoms with van der Waals surface area (Å²) < 4.78 is 0. The van der Waals surface area contributed by atoms with E-state index in [1.165, 1.54) is 19.3 Å². The summed E-state index contributed by atoms with van der Waals surface area (Å²) in [5.41, 5.74) is 5.73. The van der Waals surface area contributed by atoms with E-state index in [2.05, 4.69) is 10.3 Å². The van der Waals surface area contributed by atoms with Crippen molar-refractivity contribution in [3.63, 3.8) is 0 Å². The molecule has 6 heteroatoms. The molecule has 0 spiro atoms. The zero-order valence-corrected chi connectivity index (χ0v) is 11.2. The van der Waals surface area contributed by atoms with Gasteiger partial charge in [0, 0.05) is 6.04 Å². The number of primary amides is 1. The van der Waals surface area contributed by atoms with Gasteiger partial charge in [-0.3, -0.25) is 9.59 Å². The SMILES string of the molecule is Cc1nc(C(N)=O)sc1C(=O)NC1CCCCC1. The Balaban J connectivity index is 2.06. The van der Waals surface area contributed by atoms with Crippen molar-refractivity contribution in [2.75, 3.05) is 0 Å². The Labute approximate surface area is 110 Å². The van der Waals surface area contributed by atoms with E-state index in [9.17, 15) is 9.59 Å². The Kier molecular flexibility index (Phi) is 3.96. The molecule has 0 unspecified atom stereocenters. The first-order valence-electron chi connectivity index (χ1n) is 6.16. The number of carbonyl (C=O) groups is 2. The molecule has 0 saturated heterocycles. The molecule has 0 atom stereocenters. The van der Waals surface area contributed by atoms with Crippen molar-refractivity contribution in [1.29, 1.82) is 0 Å². The van der Waals surface area contributed by atoms with Gasteiger partial charge in [-0.2, -0.15) is 0 Å². The molecule has 5 nitrogen and oxygen atoms in total. The second-order valence-corrected chi connectivity index (χ2v) is 5.61. The Morgan fingerprint density at radius 3 is 2.56 bits per heavy atom. The quantitative estimate of drug-likeness (QED) is 0.872. The van der Waals surface area contributed by atoms with Gasteiger partial charge in [0.15, 0.2) is 5.01 Å². The summed E-state index contributed by atoms with van der Waals surface area (Å²) in [5.74, 6) is -0.718. The minimum atomic E-state index is -0.584. The van der Waals surface area contributed by atoms with Crippen molar-refractivity contribution >= 4 is 23.2 Å². The van der Waals surface area contributed by atoms with Gasteiger partial charge in [-0.05, 0) is 19.8 Å². The second-order valence-electron chi connectivity index (χ2n) is 4.61. The van der Waals surface area contributed by atoms with Crippen LogP contribution in [-0.4, -0.2) is 22.8 Å². The highest BCUT2D eigenvalue weighted by Gasteiger charge is 2.21. The lowest BCUT2D eigenvalue weighted by atomic mass is 9.95. The minimum Gasteiger partial charge on any atom is -0.364 e. The van der Waals surface area contributed by atoms with Crippen molar-refractivity contribution in [3.8, 4) is 0 Å². The molecule has 1 aliphatic rings. The van der Waals surface area contributed by atoms with E-state index in [-0.39, 0.29) is 17.0 Å². The van der Waals surface area contributed by atoms with Crippen LogP contribution in [0.3, 0.4) is 0 Å². The van der Waals surface area contributed by atoms with Gasteiger partial charge in [-0.25, -0.2) is 4.98 Å². The lowest BCUT2D eigenvalue weighted by Gasteiger charge is -2.22. The predicted octanol–water partition coefficient (Wildman–Crippen LogP) is 1.61. The van der Waals surface area contributed by atoms with Crippen LogP contribution >= 0.6 is 11.3 Å². The number of nitrogens with zero attached hydrogens (tertiary/aromatic N) is 1. The third-order valence-electron chi connectivity index (χ3n) is 3.15. The molecule has 0 aromatic carbocycles. The summed E-state index contributed by atoms with van der Waals surface area (Å²) in [7, 11) is 0. The molecule has 2 rings (SSSR count). The Morgan fingerprint density at radius 2 is 2.00 bits per heavy atom. The molecule has 1 heterocycles. The van der Waals surface area contributed by atoms with Crippen LogP contribution in [0.5, 0.6) is 0 Å². The monoisotopic (exact) mass is 267 g/mol. The molecular formula is C12H17N3O2S. The standard InChI is InChI=1S/C12H17N3O2S/c1-7-9(18-12(14-7)10(13)16)11(17)15-8-5-3-2-4-6-8/h8H,2-6H2,1H3,(H2,13,16)(H,15,17). The number of hydrogen-bond donors (Lipinski definition) is 2. The van der Waals surface area contributed by atoms with Gasteiger partial charge in [0.1, 0.15) is 4.88 Å². The zero-order chi connectivity index (χ0) is 13.1. The molecule has 1 saturated carbocycles. The maximum absolute atomic E-state index is 12.1. The largest absolute Gasteiger partial charge is 0.364 e. The molecule has 1 aliphatic carbocycles. The lowest BCUT2D eigenvalue weighted by molar-refractivity contribution is 0.0930. The number of nitrogens with two attached hydrogens (primary N) is 1. The molecule has 2 amide bonds. The van der Waals surface area contributed by atoms with Crippen molar-refractivity contribution in [1.82, 2.24) is 10.3 Å². The van der Waals surface area contributed by atoms with E-state index in [4.69, 9.17) is 5.73 Å². The van der Waals surface area contributed by atoms with Crippen LogP contribution in [0, 0.1) is 6.92 Å². The van der Waals surface area contributed by atoms with Crippen molar-refractivity contribution < 1.29 is 9.59 Å². The summed E-state index contributed by atoms with van der Waals surface area (Å²) in [6.45, 7) is 1.72. The normalized spacial score (nSPS) is 16.5. The Hall–Kier alpha value is -1.43. The molecule has 0 radical (unpaired) electrons. The van der Waals surface area contributed by atoms with Crippen LogP contribution in [0.2, 0.25) is 0 Å². The van der Waals surface area contributed by atoms with Gasteiger partial charge in [0.05, 0.1) is 5.69 Å². The molecular weight excluding hydrogens is 250 g/mol. The first kappa shape index (κ1) is 13.0. The Bertz CT molecular complexity index is 464. The van der Waals surface area contributed by atoms with Crippen LogP contribution < -0.4 is 11.1 Å². The number of aromatic nitrogens is 1. The number of hydrogen-bond acceptors (Lipinski definition) is 4. The van der Waals surface area contributed by atoms with Gasteiger partial charge >= 0.3 is 0 Å². The number of nitrogens with one attached hydrogen (secondary N) is 1.